The predicted octanol–water partition coefficient (Wildman–Crippen LogP) is 1.24. The van der Waals surface area contributed by atoms with E-state index in [0.717, 1.165) is 6.42 Å². The van der Waals surface area contributed by atoms with Crippen LogP contribution in [0.5, 0.6) is 11.5 Å². The van der Waals surface area contributed by atoms with Gasteiger partial charge in [-0.25, -0.2) is 5.06 Å². The molecular weight excluding hydrogens is 222 g/mol. The predicted molar refractivity (Wildman–Crippen MR) is 59.0 cm³/mol. The van der Waals surface area contributed by atoms with Crippen LogP contribution in [0, 0.1) is 0 Å². The molecule has 1 saturated heterocycles. The summed E-state index contributed by atoms with van der Waals surface area (Å²) in [6.45, 7) is 2.21. The molecule has 17 heavy (non-hydrogen) atoms. The molecule has 0 aliphatic carbocycles. The SMILES string of the molecule is O=C(c1cccc2c1OCCO2)N1CCCO1. The van der Waals surface area contributed by atoms with Crippen LogP contribution in [-0.2, 0) is 4.84 Å². The van der Waals surface area contributed by atoms with Crippen molar-refractivity contribution in [3.8, 4) is 11.5 Å². The Kier molecular flexibility index (Phi) is 2.60. The quantitative estimate of drug-likeness (QED) is 0.734. The second-order valence-corrected chi connectivity index (χ2v) is 3.92. The average Bonchev–Trinajstić information content (AvgIpc) is 2.91. The summed E-state index contributed by atoms with van der Waals surface area (Å²) in [5.41, 5.74) is 0.504. The first-order valence-corrected chi connectivity index (χ1v) is 5.69. The number of ether oxygens (including phenoxy) is 2. The van der Waals surface area contributed by atoms with E-state index in [1.807, 2.05) is 0 Å². The number of hydroxylamine groups is 2. The number of fused-ring (bicyclic) bond motifs is 1. The maximum absolute atomic E-state index is 12.2. The van der Waals surface area contributed by atoms with Gasteiger partial charge in [-0.3, -0.25) is 9.63 Å². The summed E-state index contributed by atoms with van der Waals surface area (Å²) in [7, 11) is 0. The second-order valence-electron chi connectivity index (χ2n) is 3.92. The Hall–Kier alpha value is -1.75. The van der Waals surface area contributed by atoms with Gasteiger partial charge in [-0.2, -0.15) is 0 Å². The zero-order valence-electron chi connectivity index (χ0n) is 9.35. The largest absolute Gasteiger partial charge is 0.486 e. The molecule has 0 bridgehead atoms. The smallest absolute Gasteiger partial charge is 0.281 e. The minimum Gasteiger partial charge on any atom is -0.486 e. The van der Waals surface area contributed by atoms with Crippen LogP contribution in [0.4, 0.5) is 0 Å². The topological polar surface area (TPSA) is 48.0 Å². The Labute approximate surface area is 98.8 Å². The Balaban J connectivity index is 1.94. The molecule has 2 aliphatic heterocycles. The lowest BCUT2D eigenvalue weighted by Gasteiger charge is -2.22. The van der Waals surface area contributed by atoms with Gasteiger partial charge in [0, 0.05) is 0 Å². The summed E-state index contributed by atoms with van der Waals surface area (Å²) in [6, 6.07) is 5.32. The molecule has 0 N–H and O–H groups in total. The van der Waals surface area contributed by atoms with Gasteiger partial charge in [0.2, 0.25) is 0 Å². The third kappa shape index (κ3) is 1.82. The molecule has 0 aromatic heterocycles. The standard InChI is InChI=1S/C12H13NO4/c14-12(13-5-2-6-17-13)9-3-1-4-10-11(9)16-8-7-15-10/h1,3-4H,2,5-8H2. The summed E-state index contributed by atoms with van der Waals surface area (Å²) in [5.74, 6) is 0.991. The Bertz CT molecular complexity index is 440. The van der Waals surface area contributed by atoms with Crippen molar-refractivity contribution in [2.24, 2.45) is 0 Å². The molecule has 5 heteroatoms. The fourth-order valence-electron chi connectivity index (χ4n) is 1.98. The summed E-state index contributed by atoms with van der Waals surface area (Å²) >= 11 is 0. The van der Waals surface area contributed by atoms with Gasteiger partial charge in [0.05, 0.1) is 18.7 Å². The van der Waals surface area contributed by atoms with E-state index in [1.54, 1.807) is 18.2 Å². The van der Waals surface area contributed by atoms with Crippen LogP contribution in [0.15, 0.2) is 18.2 Å². The van der Waals surface area contributed by atoms with Crippen molar-refractivity contribution in [2.45, 2.75) is 6.42 Å². The van der Waals surface area contributed by atoms with Gasteiger partial charge in [0.25, 0.3) is 5.91 Å². The van der Waals surface area contributed by atoms with Crippen molar-refractivity contribution < 1.29 is 19.1 Å². The third-order valence-electron chi connectivity index (χ3n) is 2.78. The van der Waals surface area contributed by atoms with E-state index in [-0.39, 0.29) is 5.91 Å². The summed E-state index contributed by atoms with van der Waals surface area (Å²) in [5, 5.41) is 1.38. The highest BCUT2D eigenvalue weighted by atomic mass is 16.7. The molecule has 0 saturated carbocycles. The molecular formula is C12H13NO4. The first kappa shape index (κ1) is 10.4. The lowest BCUT2D eigenvalue weighted by Crippen LogP contribution is -2.28. The van der Waals surface area contributed by atoms with Crippen molar-refractivity contribution in [2.75, 3.05) is 26.4 Å². The van der Waals surface area contributed by atoms with Gasteiger partial charge >= 0.3 is 0 Å². The number of benzene rings is 1. The van der Waals surface area contributed by atoms with Crippen molar-refractivity contribution in [1.82, 2.24) is 5.06 Å². The Morgan fingerprint density at radius 2 is 2.06 bits per heavy atom. The van der Waals surface area contributed by atoms with Gasteiger partial charge in [-0.05, 0) is 18.6 Å². The normalized spacial score (nSPS) is 18.2. The Morgan fingerprint density at radius 3 is 2.88 bits per heavy atom. The number of hydrogen-bond acceptors (Lipinski definition) is 4. The molecule has 0 radical (unpaired) electrons. The van der Waals surface area contributed by atoms with Crippen LogP contribution < -0.4 is 9.47 Å². The molecule has 0 atom stereocenters. The fourth-order valence-corrected chi connectivity index (χ4v) is 1.98. The molecule has 2 aliphatic rings. The first-order chi connectivity index (χ1) is 8.36. The number of amides is 1. The first-order valence-electron chi connectivity index (χ1n) is 5.69. The number of hydrogen-bond donors (Lipinski definition) is 0. The van der Waals surface area contributed by atoms with Crippen molar-refractivity contribution >= 4 is 5.91 Å². The number of para-hydroxylation sites is 1. The molecule has 1 aromatic carbocycles. The molecule has 2 heterocycles. The highest BCUT2D eigenvalue weighted by Crippen LogP contribution is 2.34. The molecule has 0 spiro atoms. The van der Waals surface area contributed by atoms with E-state index in [4.69, 9.17) is 14.3 Å². The minimum atomic E-state index is -0.162. The minimum absolute atomic E-state index is 0.162. The van der Waals surface area contributed by atoms with E-state index in [9.17, 15) is 4.79 Å². The van der Waals surface area contributed by atoms with Gasteiger partial charge in [-0.15, -0.1) is 0 Å². The molecule has 1 fully saturated rings. The average molecular weight is 235 g/mol. The van der Waals surface area contributed by atoms with Crippen molar-refractivity contribution in [3.05, 3.63) is 23.8 Å². The van der Waals surface area contributed by atoms with Crippen LogP contribution in [-0.4, -0.2) is 37.3 Å². The number of rotatable bonds is 1. The second kappa shape index (κ2) is 4.25. The zero-order chi connectivity index (χ0) is 11.7. The zero-order valence-corrected chi connectivity index (χ0v) is 9.35. The Morgan fingerprint density at radius 1 is 1.18 bits per heavy atom. The lowest BCUT2D eigenvalue weighted by molar-refractivity contribution is -0.0770. The van der Waals surface area contributed by atoms with E-state index >= 15 is 0 Å². The molecule has 90 valence electrons. The number of nitrogens with zero attached hydrogens (tertiary/aromatic N) is 1. The van der Waals surface area contributed by atoms with Crippen molar-refractivity contribution in [3.63, 3.8) is 0 Å². The van der Waals surface area contributed by atoms with Gasteiger partial charge in [0.1, 0.15) is 13.2 Å². The van der Waals surface area contributed by atoms with Crippen LogP contribution in [0.2, 0.25) is 0 Å². The summed E-state index contributed by atoms with van der Waals surface area (Å²) in [6.07, 6.45) is 0.873. The summed E-state index contributed by atoms with van der Waals surface area (Å²) in [4.78, 5) is 17.4. The third-order valence-corrected chi connectivity index (χ3v) is 2.78. The van der Waals surface area contributed by atoms with Crippen LogP contribution >= 0.6 is 0 Å². The van der Waals surface area contributed by atoms with Gasteiger partial charge < -0.3 is 9.47 Å². The maximum atomic E-state index is 12.2. The molecule has 5 nitrogen and oxygen atoms in total. The lowest BCUT2D eigenvalue weighted by atomic mass is 10.1. The van der Waals surface area contributed by atoms with E-state index in [2.05, 4.69) is 0 Å². The van der Waals surface area contributed by atoms with E-state index < -0.39 is 0 Å². The molecule has 0 unspecified atom stereocenters. The maximum Gasteiger partial charge on any atom is 0.281 e. The van der Waals surface area contributed by atoms with Gasteiger partial charge in [-0.1, -0.05) is 6.07 Å². The fraction of sp³-hybridized carbons (Fsp3) is 0.417. The van der Waals surface area contributed by atoms with E-state index in [0.29, 0.717) is 43.4 Å². The van der Waals surface area contributed by atoms with E-state index in [1.165, 1.54) is 5.06 Å². The van der Waals surface area contributed by atoms with Crippen LogP contribution in [0.3, 0.4) is 0 Å². The van der Waals surface area contributed by atoms with Crippen LogP contribution in [0.1, 0.15) is 16.8 Å². The number of carbonyl (C=O) groups excluding carboxylic acids is 1. The van der Waals surface area contributed by atoms with Crippen LogP contribution in [0.25, 0.3) is 0 Å². The number of carbonyl (C=O) groups is 1. The molecule has 3 rings (SSSR count). The molecule has 1 aromatic rings. The monoisotopic (exact) mass is 235 g/mol. The highest BCUT2D eigenvalue weighted by molar-refractivity contribution is 5.97. The molecule has 1 amide bonds. The van der Waals surface area contributed by atoms with Gasteiger partial charge in [0.15, 0.2) is 11.5 Å². The summed E-state index contributed by atoms with van der Waals surface area (Å²) < 4.78 is 10.9. The van der Waals surface area contributed by atoms with Crippen molar-refractivity contribution in [1.29, 1.82) is 0 Å². The highest BCUT2D eigenvalue weighted by Gasteiger charge is 2.26.